The summed E-state index contributed by atoms with van der Waals surface area (Å²) in [7, 11) is 1.75. The molecule has 1 aromatic carbocycles. The third kappa shape index (κ3) is 1.96. The monoisotopic (exact) mass is 322 g/mol. The molecule has 124 valence electrons. The topological polar surface area (TPSA) is 59.3 Å². The Morgan fingerprint density at radius 2 is 2.08 bits per heavy atom. The Bertz CT molecular complexity index is 900. The van der Waals surface area contributed by atoms with Gasteiger partial charge in [0, 0.05) is 18.7 Å². The minimum Gasteiger partial charge on any atom is -0.280 e. The Morgan fingerprint density at radius 3 is 3.00 bits per heavy atom. The van der Waals surface area contributed by atoms with Gasteiger partial charge >= 0.3 is 0 Å². The number of anilines is 1. The highest BCUT2D eigenvalue weighted by Gasteiger charge is 2.52. The summed E-state index contributed by atoms with van der Waals surface area (Å²) in [5.41, 5.74) is 5.07. The first-order valence-corrected chi connectivity index (χ1v) is 9.00. The molecule has 0 amide bonds. The fourth-order valence-corrected chi connectivity index (χ4v) is 5.38. The standard InChI is InChI=1S/C19H22N4O/c1-23-18(24)14-5-2-3-8-16(14)20-19(23)22-21-17-10-11-9-15(17)13-7-4-6-12(11)13/h2-3,5,8,11-13,15H,4,6-7,9-10H2,1H3,(H,20,22). The van der Waals surface area contributed by atoms with Crippen LogP contribution >= 0.6 is 0 Å². The molecule has 1 heterocycles. The number of nitrogens with one attached hydrogen (secondary N) is 1. The summed E-state index contributed by atoms with van der Waals surface area (Å²) in [6.07, 6.45) is 6.63. The smallest absolute Gasteiger partial charge is 0.262 e. The lowest BCUT2D eigenvalue weighted by Crippen LogP contribution is -2.26. The third-order valence-electron chi connectivity index (χ3n) is 6.49. The molecule has 24 heavy (non-hydrogen) atoms. The van der Waals surface area contributed by atoms with Crippen LogP contribution in [0.3, 0.4) is 0 Å². The van der Waals surface area contributed by atoms with Gasteiger partial charge in [0.1, 0.15) is 0 Å². The molecule has 2 aromatic rings. The third-order valence-corrected chi connectivity index (χ3v) is 6.49. The molecule has 0 aliphatic heterocycles. The highest BCUT2D eigenvalue weighted by molar-refractivity contribution is 5.91. The lowest BCUT2D eigenvalue weighted by molar-refractivity contribution is 0.333. The summed E-state index contributed by atoms with van der Waals surface area (Å²) in [4.78, 5) is 17.0. The van der Waals surface area contributed by atoms with Crippen LogP contribution in [0.2, 0.25) is 0 Å². The van der Waals surface area contributed by atoms with E-state index in [1.807, 2.05) is 24.3 Å². The van der Waals surface area contributed by atoms with Gasteiger partial charge in [0.15, 0.2) is 0 Å². The van der Waals surface area contributed by atoms with Crippen molar-refractivity contribution in [3.05, 3.63) is 34.6 Å². The average Bonchev–Trinajstić information content (AvgIpc) is 3.29. The second kappa shape index (κ2) is 5.16. The summed E-state index contributed by atoms with van der Waals surface area (Å²) in [6, 6.07) is 7.46. The zero-order valence-corrected chi connectivity index (χ0v) is 13.9. The average molecular weight is 322 g/mol. The molecule has 1 N–H and O–H groups in total. The molecule has 1 aromatic heterocycles. The second-order valence-electron chi connectivity index (χ2n) is 7.60. The molecule has 4 unspecified atom stereocenters. The minimum absolute atomic E-state index is 0.0351. The van der Waals surface area contributed by atoms with E-state index in [9.17, 15) is 4.79 Å². The van der Waals surface area contributed by atoms with Gasteiger partial charge in [-0.25, -0.2) is 10.4 Å². The van der Waals surface area contributed by atoms with Gasteiger partial charge in [-0.3, -0.25) is 9.36 Å². The first-order chi connectivity index (χ1) is 11.7. The van der Waals surface area contributed by atoms with Crippen LogP contribution in [0.1, 0.15) is 32.1 Å². The predicted octanol–water partition coefficient (Wildman–Crippen LogP) is 3.16. The molecule has 5 rings (SSSR count). The predicted molar refractivity (Wildman–Crippen MR) is 95.1 cm³/mol. The van der Waals surface area contributed by atoms with E-state index >= 15 is 0 Å². The van der Waals surface area contributed by atoms with Gasteiger partial charge < -0.3 is 0 Å². The van der Waals surface area contributed by atoms with Gasteiger partial charge in [-0.2, -0.15) is 5.10 Å². The Kier molecular flexibility index (Phi) is 3.05. The number of fused-ring (bicyclic) bond motifs is 6. The zero-order valence-electron chi connectivity index (χ0n) is 13.9. The van der Waals surface area contributed by atoms with E-state index in [4.69, 9.17) is 0 Å². The van der Waals surface area contributed by atoms with Gasteiger partial charge in [0.05, 0.1) is 10.9 Å². The Morgan fingerprint density at radius 1 is 1.25 bits per heavy atom. The van der Waals surface area contributed by atoms with Crippen molar-refractivity contribution in [2.24, 2.45) is 35.8 Å². The van der Waals surface area contributed by atoms with Crippen LogP contribution in [0, 0.1) is 23.7 Å². The van der Waals surface area contributed by atoms with Gasteiger partial charge in [0.25, 0.3) is 5.56 Å². The van der Waals surface area contributed by atoms with Crippen molar-refractivity contribution in [1.82, 2.24) is 9.55 Å². The van der Waals surface area contributed by atoms with E-state index < -0.39 is 0 Å². The number of hydrazone groups is 1. The van der Waals surface area contributed by atoms with Crippen molar-refractivity contribution >= 4 is 22.6 Å². The zero-order chi connectivity index (χ0) is 16.3. The molecule has 0 spiro atoms. The molecule has 5 heteroatoms. The summed E-state index contributed by atoms with van der Waals surface area (Å²) in [5, 5.41) is 5.34. The molecule has 5 nitrogen and oxygen atoms in total. The van der Waals surface area contributed by atoms with Crippen LogP contribution in [0.5, 0.6) is 0 Å². The van der Waals surface area contributed by atoms with Crippen molar-refractivity contribution < 1.29 is 0 Å². The van der Waals surface area contributed by atoms with E-state index in [-0.39, 0.29) is 5.56 Å². The van der Waals surface area contributed by atoms with E-state index in [1.54, 1.807) is 11.6 Å². The quantitative estimate of drug-likeness (QED) is 0.864. The van der Waals surface area contributed by atoms with Crippen LogP contribution in [-0.2, 0) is 7.05 Å². The first kappa shape index (κ1) is 14.2. The Hall–Kier alpha value is -2.17. The van der Waals surface area contributed by atoms with Crippen molar-refractivity contribution in [3.63, 3.8) is 0 Å². The van der Waals surface area contributed by atoms with Crippen LogP contribution in [0.25, 0.3) is 10.9 Å². The second-order valence-corrected chi connectivity index (χ2v) is 7.60. The van der Waals surface area contributed by atoms with Gasteiger partial charge in [-0.15, -0.1) is 0 Å². The molecule has 3 aliphatic rings. The molecule has 0 radical (unpaired) electrons. The van der Waals surface area contributed by atoms with Crippen LogP contribution < -0.4 is 11.0 Å². The Labute approximate surface area is 140 Å². The van der Waals surface area contributed by atoms with E-state index in [2.05, 4.69) is 15.5 Å². The number of benzene rings is 1. The van der Waals surface area contributed by atoms with Gasteiger partial charge in [-0.05, 0) is 55.6 Å². The maximum Gasteiger partial charge on any atom is 0.262 e. The summed E-state index contributed by atoms with van der Waals surface area (Å²) in [5.74, 6) is 3.84. The maximum absolute atomic E-state index is 12.5. The lowest BCUT2D eigenvalue weighted by atomic mass is 9.81. The number of aromatic nitrogens is 2. The van der Waals surface area contributed by atoms with Gasteiger partial charge in [0.2, 0.25) is 5.95 Å². The highest BCUT2D eigenvalue weighted by atomic mass is 16.1. The SMILES string of the molecule is Cn1c(NN=C2CC3CC2C2CCCC32)nc2ccccc2c1=O. The molecular weight excluding hydrogens is 300 g/mol. The minimum atomic E-state index is -0.0351. The molecule has 2 bridgehead atoms. The van der Waals surface area contributed by atoms with E-state index in [0.29, 0.717) is 22.8 Å². The summed E-state index contributed by atoms with van der Waals surface area (Å²) < 4.78 is 1.55. The van der Waals surface area contributed by atoms with Crippen molar-refractivity contribution in [2.75, 3.05) is 5.43 Å². The number of para-hydroxylation sites is 1. The molecular formula is C19H22N4O. The van der Waals surface area contributed by atoms with Crippen molar-refractivity contribution in [2.45, 2.75) is 32.1 Å². The van der Waals surface area contributed by atoms with Crippen molar-refractivity contribution in [3.8, 4) is 0 Å². The lowest BCUT2D eigenvalue weighted by Gasteiger charge is -2.25. The summed E-state index contributed by atoms with van der Waals surface area (Å²) >= 11 is 0. The van der Waals surface area contributed by atoms with Gasteiger partial charge in [-0.1, -0.05) is 18.6 Å². The number of rotatable bonds is 2. The fourth-order valence-electron chi connectivity index (χ4n) is 5.38. The van der Waals surface area contributed by atoms with E-state index in [1.165, 1.54) is 31.4 Å². The van der Waals surface area contributed by atoms with Crippen LogP contribution in [-0.4, -0.2) is 15.3 Å². The van der Waals surface area contributed by atoms with Crippen LogP contribution in [0.4, 0.5) is 5.95 Å². The molecule has 3 saturated carbocycles. The summed E-state index contributed by atoms with van der Waals surface area (Å²) in [6.45, 7) is 0. The first-order valence-electron chi connectivity index (χ1n) is 9.00. The normalized spacial score (nSPS) is 32.6. The van der Waals surface area contributed by atoms with Crippen molar-refractivity contribution in [1.29, 1.82) is 0 Å². The highest BCUT2D eigenvalue weighted by Crippen LogP contribution is 2.57. The number of hydrogen-bond donors (Lipinski definition) is 1. The molecule has 4 atom stereocenters. The largest absolute Gasteiger partial charge is 0.280 e. The number of nitrogens with zero attached hydrogens (tertiary/aromatic N) is 3. The molecule has 3 aliphatic carbocycles. The molecule has 0 saturated heterocycles. The maximum atomic E-state index is 12.5. The van der Waals surface area contributed by atoms with Crippen LogP contribution in [0.15, 0.2) is 34.2 Å². The fraction of sp³-hybridized carbons (Fsp3) is 0.526. The van der Waals surface area contributed by atoms with E-state index in [0.717, 1.165) is 24.2 Å². The molecule has 3 fully saturated rings. The number of hydrogen-bond acceptors (Lipinski definition) is 4. The Balaban J connectivity index is 1.46.